The number of carbonyl (C=O) groups excluding carboxylic acids is 2. The van der Waals surface area contributed by atoms with Gasteiger partial charge in [0.15, 0.2) is 5.76 Å². The van der Waals surface area contributed by atoms with E-state index in [9.17, 15) is 9.59 Å². The van der Waals surface area contributed by atoms with Crippen molar-refractivity contribution in [2.24, 2.45) is 0 Å². The first kappa shape index (κ1) is 17.4. The monoisotopic (exact) mass is 332 g/mol. The molecular weight excluding hydrogens is 312 g/mol. The molecule has 24 heavy (non-hydrogen) atoms. The topological polar surface area (TPSA) is 81.0 Å². The smallest absolute Gasteiger partial charge is 0.287 e. The molecule has 1 heterocycles. The van der Waals surface area contributed by atoms with Crippen LogP contribution >= 0.6 is 0 Å². The highest BCUT2D eigenvalue weighted by Crippen LogP contribution is 2.32. The summed E-state index contributed by atoms with van der Waals surface area (Å²) in [6.07, 6.45) is 1.43. The van der Waals surface area contributed by atoms with Gasteiger partial charge < -0.3 is 24.1 Å². The van der Waals surface area contributed by atoms with Crippen molar-refractivity contribution in [2.75, 3.05) is 32.2 Å². The Morgan fingerprint density at radius 1 is 1.21 bits per heavy atom. The number of hydrogen-bond donors (Lipinski definition) is 1. The fourth-order valence-corrected chi connectivity index (χ4v) is 2.23. The summed E-state index contributed by atoms with van der Waals surface area (Å²) < 4.78 is 15.5. The Morgan fingerprint density at radius 2 is 2.00 bits per heavy atom. The van der Waals surface area contributed by atoms with E-state index in [1.165, 1.54) is 25.2 Å². The Morgan fingerprint density at radius 3 is 2.58 bits per heavy atom. The van der Waals surface area contributed by atoms with Crippen LogP contribution in [0, 0.1) is 0 Å². The molecule has 0 saturated carbocycles. The summed E-state index contributed by atoms with van der Waals surface area (Å²) in [5.74, 6) is 0.884. The molecule has 0 unspecified atom stereocenters. The minimum absolute atomic E-state index is 0.161. The Balaban J connectivity index is 2.07. The minimum Gasteiger partial charge on any atom is -0.497 e. The maximum atomic E-state index is 12.0. The van der Waals surface area contributed by atoms with Crippen LogP contribution in [0.5, 0.6) is 11.5 Å². The van der Waals surface area contributed by atoms with Gasteiger partial charge in [-0.2, -0.15) is 0 Å². The molecule has 0 bridgehead atoms. The van der Waals surface area contributed by atoms with Crippen molar-refractivity contribution >= 4 is 17.5 Å². The highest BCUT2D eigenvalue weighted by molar-refractivity contribution is 5.94. The van der Waals surface area contributed by atoms with Gasteiger partial charge in [-0.05, 0) is 24.3 Å². The van der Waals surface area contributed by atoms with Crippen LogP contribution in [0.3, 0.4) is 0 Å². The van der Waals surface area contributed by atoms with Gasteiger partial charge in [-0.1, -0.05) is 0 Å². The predicted octanol–water partition coefficient (Wildman–Crippen LogP) is 2.08. The average Bonchev–Trinajstić information content (AvgIpc) is 3.12. The third-order valence-corrected chi connectivity index (χ3v) is 3.42. The zero-order valence-electron chi connectivity index (χ0n) is 13.9. The Bertz CT molecular complexity index is 697. The number of benzene rings is 1. The molecule has 0 atom stereocenters. The van der Waals surface area contributed by atoms with Crippen LogP contribution in [0.1, 0.15) is 17.5 Å². The van der Waals surface area contributed by atoms with E-state index >= 15 is 0 Å². The average molecular weight is 332 g/mol. The first-order valence-electron chi connectivity index (χ1n) is 7.38. The quantitative estimate of drug-likeness (QED) is 0.839. The summed E-state index contributed by atoms with van der Waals surface area (Å²) in [6.45, 7) is 2.02. The molecule has 0 fully saturated rings. The van der Waals surface area contributed by atoms with E-state index in [0.717, 1.165) is 0 Å². The Labute approximate surface area is 140 Å². The second-order valence-corrected chi connectivity index (χ2v) is 4.94. The number of nitrogens with one attached hydrogen (secondary N) is 1. The zero-order valence-corrected chi connectivity index (χ0v) is 13.9. The third-order valence-electron chi connectivity index (χ3n) is 3.42. The number of ether oxygens (including phenoxy) is 2. The molecule has 0 spiro atoms. The molecule has 128 valence electrons. The van der Waals surface area contributed by atoms with Gasteiger partial charge in [-0.3, -0.25) is 9.59 Å². The molecule has 2 aromatic rings. The number of nitrogens with zero attached hydrogens (tertiary/aromatic N) is 1. The minimum atomic E-state index is -0.329. The van der Waals surface area contributed by atoms with Crippen LogP contribution in [-0.2, 0) is 4.79 Å². The molecule has 0 saturated heterocycles. The first-order valence-corrected chi connectivity index (χ1v) is 7.38. The SMILES string of the molecule is COc1ccc(N(CCNC(=O)c2ccco2)C(C)=O)c(OC)c1. The largest absolute Gasteiger partial charge is 0.497 e. The van der Waals surface area contributed by atoms with Crippen molar-refractivity contribution in [3.8, 4) is 11.5 Å². The Kier molecular flexibility index (Phi) is 5.83. The van der Waals surface area contributed by atoms with Crippen LogP contribution in [0.25, 0.3) is 0 Å². The highest BCUT2D eigenvalue weighted by atomic mass is 16.5. The van der Waals surface area contributed by atoms with E-state index in [1.54, 1.807) is 37.4 Å². The summed E-state index contributed by atoms with van der Waals surface area (Å²) in [6, 6.07) is 8.40. The van der Waals surface area contributed by atoms with E-state index in [2.05, 4.69) is 5.32 Å². The van der Waals surface area contributed by atoms with Gasteiger partial charge in [0.25, 0.3) is 5.91 Å². The number of carbonyl (C=O) groups is 2. The molecule has 0 aliphatic heterocycles. The summed E-state index contributed by atoms with van der Waals surface area (Å²) >= 11 is 0. The normalized spacial score (nSPS) is 10.1. The van der Waals surface area contributed by atoms with Gasteiger partial charge in [0.1, 0.15) is 11.5 Å². The predicted molar refractivity (Wildman–Crippen MR) is 88.6 cm³/mol. The number of hydrogen-bond acceptors (Lipinski definition) is 5. The molecule has 0 aliphatic carbocycles. The summed E-state index contributed by atoms with van der Waals surface area (Å²) in [4.78, 5) is 25.4. The number of furan rings is 1. The fourth-order valence-electron chi connectivity index (χ4n) is 2.23. The van der Waals surface area contributed by atoms with Crippen molar-refractivity contribution in [3.05, 3.63) is 42.4 Å². The Hall–Kier alpha value is -2.96. The van der Waals surface area contributed by atoms with Gasteiger partial charge in [-0.25, -0.2) is 0 Å². The fraction of sp³-hybridized carbons (Fsp3) is 0.294. The molecule has 2 amide bonds. The van der Waals surface area contributed by atoms with Gasteiger partial charge in [0.2, 0.25) is 5.91 Å². The number of methoxy groups -OCH3 is 2. The third kappa shape index (κ3) is 4.07. The van der Waals surface area contributed by atoms with Crippen LogP contribution in [0.15, 0.2) is 41.0 Å². The molecular formula is C17H20N2O5. The van der Waals surface area contributed by atoms with Crippen molar-refractivity contribution in [1.82, 2.24) is 5.32 Å². The first-order chi connectivity index (χ1) is 11.6. The van der Waals surface area contributed by atoms with Crippen molar-refractivity contribution in [3.63, 3.8) is 0 Å². The molecule has 1 N–H and O–H groups in total. The van der Waals surface area contributed by atoms with E-state index in [4.69, 9.17) is 13.9 Å². The summed E-state index contributed by atoms with van der Waals surface area (Å²) in [7, 11) is 3.08. The van der Waals surface area contributed by atoms with Crippen molar-refractivity contribution in [2.45, 2.75) is 6.92 Å². The molecule has 0 radical (unpaired) electrons. The number of rotatable bonds is 7. The maximum absolute atomic E-state index is 12.0. The van der Waals surface area contributed by atoms with Crippen LogP contribution in [0.4, 0.5) is 5.69 Å². The lowest BCUT2D eigenvalue weighted by molar-refractivity contribution is -0.116. The molecule has 1 aromatic carbocycles. The maximum Gasteiger partial charge on any atom is 0.287 e. The lowest BCUT2D eigenvalue weighted by Crippen LogP contribution is -2.37. The van der Waals surface area contributed by atoms with Gasteiger partial charge in [0.05, 0.1) is 26.2 Å². The van der Waals surface area contributed by atoms with E-state index in [1.807, 2.05) is 0 Å². The molecule has 1 aromatic heterocycles. The van der Waals surface area contributed by atoms with E-state index in [0.29, 0.717) is 23.7 Å². The van der Waals surface area contributed by atoms with Crippen LogP contribution < -0.4 is 19.7 Å². The number of amides is 2. The highest BCUT2D eigenvalue weighted by Gasteiger charge is 2.17. The van der Waals surface area contributed by atoms with E-state index < -0.39 is 0 Å². The van der Waals surface area contributed by atoms with Crippen molar-refractivity contribution in [1.29, 1.82) is 0 Å². The summed E-state index contributed by atoms with van der Waals surface area (Å²) in [5, 5.41) is 2.71. The molecule has 7 heteroatoms. The molecule has 2 rings (SSSR count). The van der Waals surface area contributed by atoms with Crippen LogP contribution in [0.2, 0.25) is 0 Å². The van der Waals surface area contributed by atoms with Gasteiger partial charge in [0, 0.05) is 26.1 Å². The second-order valence-electron chi connectivity index (χ2n) is 4.94. The lowest BCUT2D eigenvalue weighted by Gasteiger charge is -2.23. The zero-order chi connectivity index (χ0) is 17.5. The lowest BCUT2D eigenvalue weighted by atomic mass is 10.2. The van der Waals surface area contributed by atoms with Crippen molar-refractivity contribution < 1.29 is 23.5 Å². The second kappa shape index (κ2) is 8.05. The molecule has 7 nitrogen and oxygen atoms in total. The van der Waals surface area contributed by atoms with Gasteiger partial charge in [-0.15, -0.1) is 0 Å². The van der Waals surface area contributed by atoms with Crippen LogP contribution in [-0.4, -0.2) is 39.1 Å². The number of anilines is 1. The summed E-state index contributed by atoms with van der Waals surface area (Å²) in [5.41, 5.74) is 0.609. The standard InChI is InChI=1S/C17H20N2O5/c1-12(20)19(9-8-18-17(21)15-5-4-10-24-15)14-7-6-13(22-2)11-16(14)23-3/h4-7,10-11H,8-9H2,1-3H3,(H,18,21). The molecule has 0 aliphatic rings. The van der Waals surface area contributed by atoms with E-state index in [-0.39, 0.29) is 24.1 Å². The van der Waals surface area contributed by atoms with Gasteiger partial charge >= 0.3 is 0 Å².